The quantitative estimate of drug-likeness (QED) is 0.496. The van der Waals surface area contributed by atoms with E-state index >= 15 is 0 Å². The first-order chi connectivity index (χ1) is 12.7. The van der Waals surface area contributed by atoms with Crippen molar-refractivity contribution in [3.63, 3.8) is 0 Å². The van der Waals surface area contributed by atoms with Crippen LogP contribution in [-0.2, 0) is 4.79 Å². The Labute approximate surface area is 161 Å². The number of anilines is 1. The van der Waals surface area contributed by atoms with Gasteiger partial charge in [-0.15, -0.1) is 0 Å². The molecule has 1 aliphatic heterocycles. The van der Waals surface area contributed by atoms with E-state index in [0.717, 1.165) is 40.0 Å². The predicted octanol–water partition coefficient (Wildman–Crippen LogP) is 6.01. The number of carbonyl (C=O) groups excluding carboxylic acids is 1. The normalized spacial score (nSPS) is 14.9. The zero-order valence-corrected chi connectivity index (χ0v) is 16.0. The summed E-state index contributed by atoms with van der Waals surface area (Å²) in [7, 11) is 0. The highest BCUT2D eigenvalue weighted by Crippen LogP contribution is 2.38. The Hall–Kier alpha value is -2.59. The Morgan fingerprint density at radius 3 is 2.58 bits per heavy atom. The maximum absolute atomic E-state index is 12.9. The molecular formula is C22H18BrNO2. The molecule has 0 radical (unpaired) electrons. The lowest BCUT2D eigenvalue weighted by Crippen LogP contribution is -2.26. The summed E-state index contributed by atoms with van der Waals surface area (Å²) in [6.45, 7) is 2.80. The molecule has 0 fully saturated rings. The number of hydrogen-bond donors (Lipinski definition) is 0. The Kier molecular flexibility index (Phi) is 4.51. The van der Waals surface area contributed by atoms with Gasteiger partial charge in [-0.05, 0) is 42.8 Å². The molecule has 1 aromatic heterocycles. The van der Waals surface area contributed by atoms with Crippen molar-refractivity contribution in [3.8, 4) is 11.3 Å². The van der Waals surface area contributed by atoms with Crippen molar-refractivity contribution < 1.29 is 9.21 Å². The molecule has 3 nitrogen and oxygen atoms in total. The van der Waals surface area contributed by atoms with E-state index in [2.05, 4.69) is 22.9 Å². The van der Waals surface area contributed by atoms with E-state index in [0.29, 0.717) is 11.3 Å². The summed E-state index contributed by atoms with van der Waals surface area (Å²) in [5.74, 6) is 1.50. The third-order valence-electron chi connectivity index (χ3n) is 4.45. The van der Waals surface area contributed by atoms with E-state index in [1.54, 1.807) is 0 Å². The molecule has 0 bridgehead atoms. The molecule has 4 rings (SSSR count). The summed E-state index contributed by atoms with van der Waals surface area (Å²) >= 11 is 3.44. The number of carbonyl (C=O) groups is 1. The van der Waals surface area contributed by atoms with Crippen LogP contribution in [0.3, 0.4) is 0 Å². The van der Waals surface area contributed by atoms with Crippen LogP contribution in [0.4, 0.5) is 5.69 Å². The summed E-state index contributed by atoms with van der Waals surface area (Å²) < 4.78 is 6.99. The summed E-state index contributed by atoms with van der Waals surface area (Å²) in [5.41, 5.74) is 3.63. The molecule has 0 atom stereocenters. The van der Waals surface area contributed by atoms with Gasteiger partial charge in [-0.1, -0.05) is 53.2 Å². The fraction of sp³-hybridized carbons (Fsp3) is 0.136. The maximum Gasteiger partial charge on any atom is 0.259 e. The molecule has 0 saturated carbocycles. The first kappa shape index (κ1) is 16.9. The van der Waals surface area contributed by atoms with Crippen molar-refractivity contribution in [2.24, 2.45) is 0 Å². The van der Waals surface area contributed by atoms with E-state index in [9.17, 15) is 4.79 Å². The minimum atomic E-state index is 0.0367. The van der Waals surface area contributed by atoms with Gasteiger partial charge >= 0.3 is 0 Å². The van der Waals surface area contributed by atoms with Crippen LogP contribution in [-0.4, -0.2) is 12.5 Å². The van der Waals surface area contributed by atoms with E-state index in [1.165, 1.54) is 0 Å². The highest BCUT2D eigenvalue weighted by molar-refractivity contribution is 9.10. The molecule has 0 saturated heterocycles. The van der Waals surface area contributed by atoms with Crippen molar-refractivity contribution in [3.05, 3.63) is 76.5 Å². The second-order valence-corrected chi connectivity index (χ2v) is 7.16. The number of nitrogens with zero attached hydrogens (tertiary/aromatic N) is 1. The van der Waals surface area contributed by atoms with Gasteiger partial charge in [0.15, 0.2) is 0 Å². The van der Waals surface area contributed by atoms with E-state index < -0.39 is 0 Å². The van der Waals surface area contributed by atoms with Crippen molar-refractivity contribution in [2.45, 2.75) is 13.3 Å². The molecule has 0 spiro atoms. The number of furan rings is 1. The van der Waals surface area contributed by atoms with Gasteiger partial charge in [0.05, 0.1) is 11.3 Å². The van der Waals surface area contributed by atoms with Gasteiger partial charge < -0.3 is 9.32 Å². The smallest absolute Gasteiger partial charge is 0.259 e. The van der Waals surface area contributed by atoms with Crippen LogP contribution >= 0.6 is 15.9 Å². The highest BCUT2D eigenvalue weighted by atomic mass is 79.9. The second-order valence-electron chi connectivity index (χ2n) is 6.24. The van der Waals surface area contributed by atoms with Crippen LogP contribution in [0.2, 0.25) is 0 Å². The van der Waals surface area contributed by atoms with Crippen LogP contribution in [0.15, 0.2) is 69.6 Å². The highest BCUT2D eigenvalue weighted by Gasteiger charge is 2.31. The van der Waals surface area contributed by atoms with Crippen LogP contribution in [0.1, 0.15) is 24.7 Å². The molecule has 0 N–H and O–H groups in total. The maximum atomic E-state index is 12.9. The first-order valence-corrected chi connectivity index (χ1v) is 9.45. The van der Waals surface area contributed by atoms with Gasteiger partial charge in [0.2, 0.25) is 0 Å². The largest absolute Gasteiger partial charge is 0.457 e. The molecule has 0 aliphatic carbocycles. The molecule has 26 heavy (non-hydrogen) atoms. The third-order valence-corrected chi connectivity index (χ3v) is 4.98. The number of amides is 1. The van der Waals surface area contributed by atoms with Gasteiger partial charge in [0.25, 0.3) is 5.91 Å². The monoisotopic (exact) mass is 407 g/mol. The number of hydrogen-bond acceptors (Lipinski definition) is 2. The minimum Gasteiger partial charge on any atom is -0.457 e. The average Bonchev–Trinajstić information content (AvgIpc) is 3.22. The molecule has 2 heterocycles. The molecule has 4 heteroatoms. The van der Waals surface area contributed by atoms with Crippen molar-refractivity contribution in [2.75, 3.05) is 11.4 Å². The summed E-state index contributed by atoms with van der Waals surface area (Å²) in [4.78, 5) is 14.7. The second kappa shape index (κ2) is 6.96. The van der Waals surface area contributed by atoms with Crippen LogP contribution in [0, 0.1) is 0 Å². The molecule has 2 aromatic carbocycles. The lowest BCUT2D eigenvalue weighted by molar-refractivity contribution is -0.113. The fourth-order valence-corrected chi connectivity index (χ4v) is 3.50. The lowest BCUT2D eigenvalue weighted by atomic mass is 10.1. The fourth-order valence-electron chi connectivity index (χ4n) is 3.23. The van der Waals surface area contributed by atoms with Crippen LogP contribution in [0.25, 0.3) is 23.0 Å². The first-order valence-electron chi connectivity index (χ1n) is 8.66. The average molecular weight is 408 g/mol. The molecule has 1 amide bonds. The molecule has 1 aliphatic rings. The number of halogens is 1. The Bertz CT molecular complexity index is 985. The Morgan fingerprint density at radius 1 is 1.04 bits per heavy atom. The number of fused-ring (bicyclic) bond motifs is 1. The van der Waals surface area contributed by atoms with Crippen LogP contribution in [0.5, 0.6) is 0 Å². The third kappa shape index (κ3) is 3.01. The zero-order chi connectivity index (χ0) is 18.1. The van der Waals surface area contributed by atoms with Gasteiger partial charge in [0.1, 0.15) is 11.5 Å². The number of rotatable bonds is 4. The molecular weight excluding hydrogens is 390 g/mol. The van der Waals surface area contributed by atoms with Crippen LogP contribution < -0.4 is 4.90 Å². The Balaban J connectivity index is 1.70. The molecule has 130 valence electrons. The summed E-state index contributed by atoms with van der Waals surface area (Å²) in [5, 5.41) is 0. The van der Waals surface area contributed by atoms with Gasteiger partial charge in [-0.3, -0.25) is 4.79 Å². The van der Waals surface area contributed by atoms with Gasteiger partial charge in [0, 0.05) is 22.1 Å². The van der Waals surface area contributed by atoms with E-state index in [4.69, 9.17) is 4.42 Å². The van der Waals surface area contributed by atoms with Crippen molar-refractivity contribution in [1.82, 2.24) is 0 Å². The van der Waals surface area contributed by atoms with Crippen molar-refractivity contribution >= 4 is 39.2 Å². The van der Waals surface area contributed by atoms with E-state index in [-0.39, 0.29) is 5.91 Å². The molecule has 3 aromatic rings. The lowest BCUT2D eigenvalue weighted by Gasteiger charge is -2.15. The standard InChI is InChI=1S/C22H18BrNO2/c1-2-13-24-20-6-4-3-5-18(20)19(22(24)25)14-17-11-12-21(26-17)15-7-9-16(23)10-8-15/h3-12,14H,2,13H2,1H3/b19-14-. The SMILES string of the molecule is CCCN1C(=O)/C(=C\c2ccc(-c3ccc(Br)cc3)o2)c2ccccc21. The van der Waals surface area contributed by atoms with E-state index in [1.807, 2.05) is 71.6 Å². The van der Waals surface area contributed by atoms with Crippen molar-refractivity contribution in [1.29, 1.82) is 0 Å². The molecule has 0 unspecified atom stereocenters. The number of para-hydroxylation sites is 1. The minimum absolute atomic E-state index is 0.0367. The number of benzene rings is 2. The topological polar surface area (TPSA) is 33.5 Å². The van der Waals surface area contributed by atoms with Gasteiger partial charge in [-0.2, -0.15) is 0 Å². The zero-order valence-electron chi connectivity index (χ0n) is 14.4. The Morgan fingerprint density at radius 2 is 1.81 bits per heavy atom. The summed E-state index contributed by atoms with van der Waals surface area (Å²) in [6, 6.07) is 19.7. The summed E-state index contributed by atoms with van der Waals surface area (Å²) in [6.07, 6.45) is 2.76. The van der Waals surface area contributed by atoms with Gasteiger partial charge in [-0.25, -0.2) is 0 Å². The predicted molar refractivity (Wildman–Crippen MR) is 109 cm³/mol.